The third-order valence-corrected chi connectivity index (χ3v) is 4.98. The molecule has 0 aromatic carbocycles. The predicted molar refractivity (Wildman–Crippen MR) is 59.0 cm³/mol. The zero-order valence-electron chi connectivity index (χ0n) is 9.09. The Kier molecular flexibility index (Phi) is 3.09. The molecule has 1 aliphatic rings. The van der Waals surface area contributed by atoms with Gasteiger partial charge in [0.25, 0.3) is 0 Å². The second-order valence-electron chi connectivity index (χ2n) is 3.85. The van der Waals surface area contributed by atoms with Gasteiger partial charge in [-0.05, 0) is 18.9 Å². The van der Waals surface area contributed by atoms with Crippen LogP contribution < -0.4 is 4.74 Å². The molecule has 88 valence electrons. The predicted octanol–water partition coefficient (Wildman–Crippen LogP) is 1.12. The topological polar surface area (TPSA) is 69.2 Å². The van der Waals surface area contributed by atoms with E-state index in [4.69, 9.17) is 4.74 Å². The van der Waals surface area contributed by atoms with Gasteiger partial charge in [0.15, 0.2) is 9.84 Å². The van der Waals surface area contributed by atoms with Crippen molar-refractivity contribution in [2.24, 2.45) is 0 Å². The van der Waals surface area contributed by atoms with Crippen LogP contribution in [0.1, 0.15) is 30.2 Å². The van der Waals surface area contributed by atoms with E-state index in [9.17, 15) is 8.42 Å². The van der Waals surface area contributed by atoms with Crippen molar-refractivity contribution in [2.75, 3.05) is 12.9 Å². The second kappa shape index (κ2) is 4.37. The standard InChI is InChI=1S/C10H14N2O3S/c1-15-10-6-5-8(11-12-10)9-4-2-3-7-16(9,13)14/h5-6,9H,2-4,7H2,1H3. The van der Waals surface area contributed by atoms with E-state index in [2.05, 4.69) is 10.2 Å². The summed E-state index contributed by atoms with van der Waals surface area (Å²) < 4.78 is 28.6. The molecule has 1 aromatic heterocycles. The van der Waals surface area contributed by atoms with Gasteiger partial charge in [-0.15, -0.1) is 5.10 Å². The maximum Gasteiger partial charge on any atom is 0.233 e. The lowest BCUT2D eigenvalue weighted by Gasteiger charge is -2.21. The molecular formula is C10H14N2O3S. The average Bonchev–Trinajstić information content (AvgIpc) is 2.29. The number of rotatable bonds is 2. The van der Waals surface area contributed by atoms with Gasteiger partial charge in [0.2, 0.25) is 5.88 Å². The van der Waals surface area contributed by atoms with Crippen LogP contribution in [0.3, 0.4) is 0 Å². The summed E-state index contributed by atoms with van der Waals surface area (Å²) in [5.41, 5.74) is 0.528. The summed E-state index contributed by atoms with van der Waals surface area (Å²) in [7, 11) is -1.54. The van der Waals surface area contributed by atoms with Gasteiger partial charge in [0, 0.05) is 6.07 Å². The Bertz CT molecular complexity index is 455. The maximum absolute atomic E-state index is 11.8. The van der Waals surface area contributed by atoms with Crippen LogP contribution in [-0.2, 0) is 9.84 Å². The van der Waals surface area contributed by atoms with Crippen molar-refractivity contribution in [3.63, 3.8) is 0 Å². The van der Waals surface area contributed by atoms with Gasteiger partial charge in [-0.2, -0.15) is 5.10 Å². The number of sulfone groups is 1. The van der Waals surface area contributed by atoms with E-state index in [0.717, 1.165) is 12.8 Å². The molecular weight excluding hydrogens is 228 g/mol. The van der Waals surface area contributed by atoms with Crippen molar-refractivity contribution in [1.29, 1.82) is 0 Å². The van der Waals surface area contributed by atoms with Crippen molar-refractivity contribution >= 4 is 9.84 Å². The molecule has 16 heavy (non-hydrogen) atoms. The highest BCUT2D eigenvalue weighted by Gasteiger charge is 2.31. The number of methoxy groups -OCH3 is 1. The Morgan fingerprint density at radius 2 is 2.12 bits per heavy atom. The molecule has 2 rings (SSSR count). The zero-order chi connectivity index (χ0) is 11.6. The first kappa shape index (κ1) is 11.3. The fourth-order valence-electron chi connectivity index (χ4n) is 1.90. The van der Waals surface area contributed by atoms with Gasteiger partial charge in [-0.3, -0.25) is 0 Å². The van der Waals surface area contributed by atoms with Gasteiger partial charge < -0.3 is 4.74 Å². The Balaban J connectivity index is 2.28. The lowest BCUT2D eigenvalue weighted by molar-refractivity contribution is 0.390. The van der Waals surface area contributed by atoms with Gasteiger partial charge >= 0.3 is 0 Å². The first-order valence-electron chi connectivity index (χ1n) is 5.22. The maximum atomic E-state index is 11.8. The first-order valence-corrected chi connectivity index (χ1v) is 6.94. The molecule has 1 aliphatic heterocycles. The Morgan fingerprint density at radius 3 is 2.69 bits per heavy atom. The lowest BCUT2D eigenvalue weighted by atomic mass is 10.1. The summed E-state index contributed by atoms with van der Waals surface area (Å²) in [6.45, 7) is 0. The van der Waals surface area contributed by atoms with E-state index in [-0.39, 0.29) is 5.75 Å². The van der Waals surface area contributed by atoms with E-state index in [1.807, 2.05) is 0 Å². The molecule has 1 saturated heterocycles. The molecule has 5 nitrogen and oxygen atoms in total. The minimum absolute atomic E-state index is 0.255. The Labute approximate surface area is 94.8 Å². The van der Waals surface area contributed by atoms with Gasteiger partial charge in [0.1, 0.15) is 5.25 Å². The molecule has 0 radical (unpaired) electrons. The molecule has 2 heterocycles. The monoisotopic (exact) mass is 242 g/mol. The van der Waals surface area contributed by atoms with Crippen LogP contribution in [0.15, 0.2) is 12.1 Å². The van der Waals surface area contributed by atoms with Crippen molar-refractivity contribution < 1.29 is 13.2 Å². The number of aromatic nitrogens is 2. The summed E-state index contributed by atoms with van der Waals surface area (Å²) in [5.74, 6) is 0.655. The number of ether oxygens (including phenoxy) is 1. The summed E-state index contributed by atoms with van der Waals surface area (Å²) in [6, 6.07) is 3.33. The fraction of sp³-hybridized carbons (Fsp3) is 0.600. The highest BCUT2D eigenvalue weighted by Crippen LogP contribution is 2.32. The molecule has 0 bridgehead atoms. The minimum Gasteiger partial charge on any atom is -0.480 e. The van der Waals surface area contributed by atoms with Crippen LogP contribution in [0.4, 0.5) is 0 Å². The largest absolute Gasteiger partial charge is 0.480 e. The molecule has 1 atom stereocenters. The van der Waals surface area contributed by atoms with E-state index < -0.39 is 15.1 Å². The van der Waals surface area contributed by atoms with Crippen molar-refractivity contribution in [3.05, 3.63) is 17.8 Å². The molecule has 6 heteroatoms. The average molecular weight is 242 g/mol. The quantitative estimate of drug-likeness (QED) is 0.777. The molecule has 0 amide bonds. The van der Waals surface area contributed by atoms with Crippen molar-refractivity contribution in [1.82, 2.24) is 10.2 Å². The van der Waals surface area contributed by atoms with Gasteiger partial charge in [-0.25, -0.2) is 8.42 Å². The molecule has 1 aromatic rings. The van der Waals surface area contributed by atoms with Crippen LogP contribution in [0.25, 0.3) is 0 Å². The van der Waals surface area contributed by atoms with E-state index in [0.29, 0.717) is 18.0 Å². The van der Waals surface area contributed by atoms with Crippen molar-refractivity contribution in [2.45, 2.75) is 24.5 Å². The smallest absolute Gasteiger partial charge is 0.233 e. The van der Waals surface area contributed by atoms with Crippen molar-refractivity contribution in [3.8, 4) is 5.88 Å². The second-order valence-corrected chi connectivity index (χ2v) is 6.15. The molecule has 0 aliphatic carbocycles. The lowest BCUT2D eigenvalue weighted by Crippen LogP contribution is -2.22. The van der Waals surface area contributed by atoms with Crippen LogP contribution in [0.2, 0.25) is 0 Å². The minimum atomic E-state index is -3.04. The first-order chi connectivity index (χ1) is 7.63. The van der Waals surface area contributed by atoms with E-state index in [1.165, 1.54) is 7.11 Å². The third kappa shape index (κ3) is 2.16. The Morgan fingerprint density at radius 1 is 1.31 bits per heavy atom. The summed E-state index contributed by atoms with van der Waals surface area (Å²) in [6.07, 6.45) is 2.32. The van der Waals surface area contributed by atoms with Gasteiger partial charge in [0.05, 0.1) is 18.6 Å². The SMILES string of the molecule is COc1ccc(C2CCCCS2(=O)=O)nn1. The summed E-state index contributed by atoms with van der Waals surface area (Å²) in [5, 5.41) is 7.23. The molecule has 0 saturated carbocycles. The molecule has 0 N–H and O–H groups in total. The molecule has 1 fully saturated rings. The number of hydrogen-bond acceptors (Lipinski definition) is 5. The van der Waals surface area contributed by atoms with Crippen LogP contribution >= 0.6 is 0 Å². The fourth-order valence-corrected chi connectivity index (χ4v) is 3.81. The summed E-state index contributed by atoms with van der Waals surface area (Å²) in [4.78, 5) is 0. The highest BCUT2D eigenvalue weighted by molar-refractivity contribution is 7.91. The summed E-state index contributed by atoms with van der Waals surface area (Å²) >= 11 is 0. The van der Waals surface area contributed by atoms with Crippen LogP contribution in [0, 0.1) is 0 Å². The number of hydrogen-bond donors (Lipinski definition) is 0. The third-order valence-electron chi connectivity index (χ3n) is 2.78. The normalized spacial score (nSPS) is 23.9. The highest BCUT2D eigenvalue weighted by atomic mass is 32.2. The molecule has 0 spiro atoms. The van der Waals surface area contributed by atoms with Crippen LogP contribution in [-0.4, -0.2) is 31.5 Å². The van der Waals surface area contributed by atoms with E-state index >= 15 is 0 Å². The molecule has 1 unspecified atom stereocenters. The van der Waals surface area contributed by atoms with E-state index in [1.54, 1.807) is 12.1 Å². The van der Waals surface area contributed by atoms with Gasteiger partial charge in [-0.1, -0.05) is 6.42 Å². The Hall–Kier alpha value is -1.17. The van der Waals surface area contributed by atoms with Crippen LogP contribution in [0.5, 0.6) is 5.88 Å². The number of nitrogens with zero attached hydrogens (tertiary/aromatic N) is 2. The zero-order valence-corrected chi connectivity index (χ0v) is 9.90.